The number of hydrogen-bond donors (Lipinski definition) is 1. The van der Waals surface area contributed by atoms with Crippen molar-refractivity contribution in [2.45, 2.75) is 26.3 Å². The number of rotatable bonds is 2. The van der Waals surface area contributed by atoms with Gasteiger partial charge in [0.25, 0.3) is 0 Å². The maximum atomic E-state index is 6.21. The molecule has 1 saturated carbocycles. The van der Waals surface area contributed by atoms with E-state index in [0.29, 0.717) is 11.4 Å². The van der Waals surface area contributed by atoms with Crippen LogP contribution in [-0.4, -0.2) is 9.55 Å². The number of halogens is 1. The van der Waals surface area contributed by atoms with Gasteiger partial charge >= 0.3 is 0 Å². The van der Waals surface area contributed by atoms with E-state index in [1.54, 1.807) is 0 Å². The van der Waals surface area contributed by atoms with Crippen molar-refractivity contribution < 1.29 is 0 Å². The van der Waals surface area contributed by atoms with Gasteiger partial charge in [-0.1, -0.05) is 24.6 Å². The minimum atomic E-state index is 0.390. The highest BCUT2D eigenvalue weighted by atomic mass is 35.5. The van der Waals surface area contributed by atoms with Crippen LogP contribution in [-0.2, 0) is 6.54 Å². The SMILES string of the molecule is CC1(Cn2c(N)nc3cccc(Cl)c32)CC1. The second kappa shape index (κ2) is 3.14. The number of aromatic nitrogens is 2. The Balaban J connectivity index is 2.18. The highest BCUT2D eigenvalue weighted by Gasteiger charge is 2.38. The highest BCUT2D eigenvalue weighted by molar-refractivity contribution is 6.35. The average Bonchev–Trinajstić information content (AvgIpc) is 2.86. The molecule has 3 rings (SSSR count). The van der Waals surface area contributed by atoms with Crippen molar-refractivity contribution in [3.05, 3.63) is 23.2 Å². The fraction of sp³-hybridized carbons (Fsp3) is 0.417. The van der Waals surface area contributed by atoms with E-state index in [4.69, 9.17) is 17.3 Å². The average molecular weight is 236 g/mol. The van der Waals surface area contributed by atoms with Crippen LogP contribution >= 0.6 is 11.6 Å². The first-order valence-corrected chi connectivity index (χ1v) is 5.87. The van der Waals surface area contributed by atoms with Crippen LogP contribution in [0, 0.1) is 5.41 Å². The molecule has 2 aromatic rings. The van der Waals surface area contributed by atoms with Gasteiger partial charge in [0.1, 0.15) is 0 Å². The van der Waals surface area contributed by atoms with Crippen molar-refractivity contribution in [2.24, 2.45) is 5.41 Å². The van der Waals surface area contributed by atoms with E-state index in [1.807, 2.05) is 22.8 Å². The summed E-state index contributed by atoms with van der Waals surface area (Å²) in [6.45, 7) is 3.19. The molecule has 0 saturated heterocycles. The molecule has 2 N–H and O–H groups in total. The number of nitrogens with zero attached hydrogens (tertiary/aromatic N) is 2. The molecule has 0 bridgehead atoms. The van der Waals surface area contributed by atoms with Gasteiger partial charge in [-0.15, -0.1) is 0 Å². The Morgan fingerprint density at radius 2 is 2.25 bits per heavy atom. The lowest BCUT2D eigenvalue weighted by molar-refractivity contribution is 0.476. The van der Waals surface area contributed by atoms with Crippen molar-refractivity contribution in [1.29, 1.82) is 0 Å². The largest absolute Gasteiger partial charge is 0.369 e. The number of para-hydroxylation sites is 1. The first-order chi connectivity index (χ1) is 7.59. The van der Waals surface area contributed by atoms with Crippen molar-refractivity contribution in [1.82, 2.24) is 9.55 Å². The van der Waals surface area contributed by atoms with Crippen LogP contribution in [0.25, 0.3) is 11.0 Å². The standard InChI is InChI=1S/C12H14ClN3/c1-12(5-6-12)7-16-10-8(13)3-2-4-9(10)15-11(16)14/h2-4H,5-7H2,1H3,(H2,14,15). The Labute approximate surface area is 99.2 Å². The minimum absolute atomic E-state index is 0.390. The van der Waals surface area contributed by atoms with E-state index in [9.17, 15) is 0 Å². The molecule has 0 unspecified atom stereocenters. The van der Waals surface area contributed by atoms with Gasteiger partial charge in [0, 0.05) is 6.54 Å². The maximum absolute atomic E-state index is 6.21. The Hall–Kier alpha value is -1.22. The number of imidazole rings is 1. The summed E-state index contributed by atoms with van der Waals surface area (Å²) >= 11 is 6.21. The number of fused-ring (bicyclic) bond motifs is 1. The molecule has 84 valence electrons. The molecule has 1 aromatic carbocycles. The van der Waals surface area contributed by atoms with Gasteiger partial charge in [-0.05, 0) is 30.4 Å². The Bertz CT molecular complexity index is 555. The zero-order valence-corrected chi connectivity index (χ0v) is 9.96. The quantitative estimate of drug-likeness (QED) is 0.870. The van der Waals surface area contributed by atoms with Crippen molar-refractivity contribution in [3.8, 4) is 0 Å². The van der Waals surface area contributed by atoms with Gasteiger partial charge < -0.3 is 10.3 Å². The summed E-state index contributed by atoms with van der Waals surface area (Å²) in [4.78, 5) is 4.34. The van der Waals surface area contributed by atoms with Gasteiger partial charge in [0.2, 0.25) is 5.95 Å². The summed E-state index contributed by atoms with van der Waals surface area (Å²) in [7, 11) is 0. The van der Waals surface area contributed by atoms with Crippen LogP contribution < -0.4 is 5.73 Å². The molecule has 0 spiro atoms. The molecule has 1 aromatic heterocycles. The molecule has 0 aliphatic heterocycles. The Morgan fingerprint density at radius 1 is 1.50 bits per heavy atom. The molecule has 16 heavy (non-hydrogen) atoms. The first kappa shape index (κ1) is 9.97. The summed E-state index contributed by atoms with van der Waals surface area (Å²) in [5, 5.41) is 0.728. The van der Waals surface area contributed by atoms with Crippen molar-refractivity contribution in [3.63, 3.8) is 0 Å². The summed E-state index contributed by atoms with van der Waals surface area (Å²) in [5.41, 5.74) is 8.19. The molecule has 0 atom stereocenters. The summed E-state index contributed by atoms with van der Waals surface area (Å²) < 4.78 is 2.05. The monoisotopic (exact) mass is 235 g/mol. The third-order valence-electron chi connectivity index (χ3n) is 3.39. The second-order valence-corrected chi connectivity index (χ2v) is 5.38. The normalized spacial score (nSPS) is 17.9. The zero-order chi connectivity index (χ0) is 11.3. The maximum Gasteiger partial charge on any atom is 0.201 e. The number of benzene rings is 1. The molecular formula is C12H14ClN3. The number of anilines is 1. The smallest absolute Gasteiger partial charge is 0.201 e. The topological polar surface area (TPSA) is 43.8 Å². The third kappa shape index (κ3) is 1.47. The van der Waals surface area contributed by atoms with Crippen LogP contribution in [0.2, 0.25) is 5.02 Å². The van der Waals surface area contributed by atoms with Crippen LogP contribution in [0.3, 0.4) is 0 Å². The fourth-order valence-electron chi connectivity index (χ4n) is 2.07. The van der Waals surface area contributed by atoms with E-state index in [1.165, 1.54) is 12.8 Å². The van der Waals surface area contributed by atoms with E-state index < -0.39 is 0 Å². The molecular weight excluding hydrogens is 222 g/mol. The van der Waals surface area contributed by atoms with Gasteiger partial charge in [0.05, 0.1) is 16.1 Å². The molecule has 3 nitrogen and oxygen atoms in total. The predicted octanol–water partition coefficient (Wildman–Crippen LogP) is 3.07. The third-order valence-corrected chi connectivity index (χ3v) is 3.70. The summed E-state index contributed by atoms with van der Waals surface area (Å²) in [5.74, 6) is 0.566. The van der Waals surface area contributed by atoms with Gasteiger partial charge in [-0.3, -0.25) is 0 Å². The Kier molecular flexibility index (Phi) is 1.96. The molecule has 1 fully saturated rings. The van der Waals surface area contributed by atoms with Crippen LogP contribution in [0.1, 0.15) is 19.8 Å². The summed E-state index contributed by atoms with van der Waals surface area (Å²) in [6, 6.07) is 5.74. The lowest BCUT2D eigenvalue weighted by Gasteiger charge is -2.12. The molecule has 1 aliphatic rings. The molecule has 1 heterocycles. The van der Waals surface area contributed by atoms with Gasteiger partial charge in [-0.2, -0.15) is 0 Å². The Morgan fingerprint density at radius 3 is 2.94 bits per heavy atom. The number of nitrogens with two attached hydrogens (primary N) is 1. The predicted molar refractivity (Wildman–Crippen MR) is 66.5 cm³/mol. The lowest BCUT2D eigenvalue weighted by atomic mass is 10.1. The van der Waals surface area contributed by atoms with Gasteiger partial charge in [-0.25, -0.2) is 4.98 Å². The molecule has 0 amide bonds. The highest BCUT2D eigenvalue weighted by Crippen LogP contribution is 2.47. The van der Waals surface area contributed by atoms with E-state index in [0.717, 1.165) is 22.6 Å². The van der Waals surface area contributed by atoms with Crippen LogP contribution in [0.5, 0.6) is 0 Å². The molecule has 1 aliphatic carbocycles. The fourth-order valence-corrected chi connectivity index (χ4v) is 2.34. The van der Waals surface area contributed by atoms with Gasteiger partial charge in [0.15, 0.2) is 0 Å². The van der Waals surface area contributed by atoms with E-state index in [-0.39, 0.29) is 0 Å². The van der Waals surface area contributed by atoms with Crippen molar-refractivity contribution >= 4 is 28.6 Å². The number of nitrogen functional groups attached to an aromatic ring is 1. The summed E-state index contributed by atoms with van der Waals surface area (Å²) in [6.07, 6.45) is 2.52. The molecule has 4 heteroatoms. The second-order valence-electron chi connectivity index (χ2n) is 4.97. The van der Waals surface area contributed by atoms with Crippen LogP contribution in [0.15, 0.2) is 18.2 Å². The number of hydrogen-bond acceptors (Lipinski definition) is 2. The zero-order valence-electron chi connectivity index (χ0n) is 9.20. The minimum Gasteiger partial charge on any atom is -0.369 e. The lowest BCUT2D eigenvalue weighted by Crippen LogP contribution is -2.10. The first-order valence-electron chi connectivity index (χ1n) is 5.49. The van der Waals surface area contributed by atoms with Crippen molar-refractivity contribution in [2.75, 3.05) is 5.73 Å². The van der Waals surface area contributed by atoms with E-state index >= 15 is 0 Å². The molecule has 0 radical (unpaired) electrons. The van der Waals surface area contributed by atoms with Crippen LogP contribution in [0.4, 0.5) is 5.95 Å². The van der Waals surface area contributed by atoms with E-state index in [2.05, 4.69) is 11.9 Å².